The predicted molar refractivity (Wildman–Crippen MR) is 258 cm³/mol. The highest BCUT2D eigenvalue weighted by Gasteiger charge is 2.43. The molecule has 3 aliphatic rings. The smallest absolute Gasteiger partial charge is 0.326 e. The Balaban J connectivity index is 1.41. The number of imide groups is 1. The van der Waals surface area contributed by atoms with E-state index in [9.17, 15) is 38.7 Å². The van der Waals surface area contributed by atoms with Crippen LogP contribution in [0.25, 0.3) is 0 Å². The molecule has 4 rings (SSSR count). The first-order valence-electron chi connectivity index (χ1n) is 24.3. The average molecular weight is 951 g/mol. The van der Waals surface area contributed by atoms with Gasteiger partial charge in [-0.15, -0.1) is 0 Å². The highest BCUT2D eigenvalue weighted by molar-refractivity contribution is 6.12. The third-order valence-corrected chi connectivity index (χ3v) is 13.8. The van der Waals surface area contributed by atoms with Gasteiger partial charge in [0.15, 0.2) is 5.96 Å². The van der Waals surface area contributed by atoms with Gasteiger partial charge in [-0.1, -0.05) is 77.8 Å². The molecule has 1 aromatic rings. The lowest BCUT2D eigenvalue weighted by Crippen LogP contribution is -2.56. The number of amides is 6. The molecule has 3 aliphatic heterocycles. The number of rotatable bonds is 24. The first kappa shape index (κ1) is 55.2. The van der Waals surface area contributed by atoms with Crippen molar-refractivity contribution in [3.05, 3.63) is 48.0 Å². The number of aliphatic imine (C=N–C) groups is 1. The predicted octanol–water partition coefficient (Wildman–Crippen LogP) is 3.29. The summed E-state index contributed by atoms with van der Waals surface area (Å²) in [4.78, 5) is 107. The van der Waals surface area contributed by atoms with Crippen molar-refractivity contribution in [2.75, 3.05) is 74.6 Å². The molecule has 0 radical (unpaired) electrons. The maximum absolute atomic E-state index is 14.7. The number of carboxylic acids is 1. The number of hydrogen-bond acceptors (Lipinski definition) is 10. The number of likely N-dealkylation sites (N-methyl/N-ethyl adjacent to an activating group) is 1. The van der Waals surface area contributed by atoms with E-state index in [1.165, 1.54) is 24.2 Å². The molecule has 378 valence electrons. The molecule has 0 aromatic heterocycles. The molecule has 1 aromatic carbocycles. The number of unbranched alkanes of at least 4 members (excludes halogenated alkanes) is 2. The molecule has 18 nitrogen and oxygen atoms in total. The van der Waals surface area contributed by atoms with Crippen molar-refractivity contribution in [3.63, 3.8) is 0 Å². The summed E-state index contributed by atoms with van der Waals surface area (Å²) in [6, 6.07) is 6.27. The molecule has 0 bridgehead atoms. The van der Waals surface area contributed by atoms with Crippen LogP contribution in [0, 0.1) is 17.8 Å². The molecule has 2 fully saturated rings. The van der Waals surface area contributed by atoms with E-state index in [2.05, 4.69) is 10.2 Å². The van der Waals surface area contributed by atoms with Crippen LogP contribution in [0.2, 0.25) is 0 Å². The van der Waals surface area contributed by atoms with E-state index in [1.807, 2.05) is 81.9 Å². The van der Waals surface area contributed by atoms with Gasteiger partial charge >= 0.3 is 5.97 Å². The Hall–Kier alpha value is -5.36. The van der Waals surface area contributed by atoms with Crippen LogP contribution in [0.4, 0.5) is 0 Å². The molecule has 2 saturated heterocycles. The van der Waals surface area contributed by atoms with E-state index in [0.29, 0.717) is 83.8 Å². The largest absolute Gasteiger partial charge is 0.480 e. The minimum absolute atomic E-state index is 0.0192. The van der Waals surface area contributed by atoms with Crippen molar-refractivity contribution in [1.29, 1.82) is 0 Å². The van der Waals surface area contributed by atoms with Gasteiger partial charge in [0.25, 0.3) is 11.8 Å². The number of benzene rings is 1. The van der Waals surface area contributed by atoms with E-state index in [0.717, 1.165) is 12.0 Å². The first-order valence-corrected chi connectivity index (χ1v) is 24.3. The van der Waals surface area contributed by atoms with Gasteiger partial charge in [0.1, 0.15) is 12.1 Å². The number of nitrogens with zero attached hydrogens (tertiary/aromatic N) is 7. The highest BCUT2D eigenvalue weighted by atomic mass is 16.5. The first-order chi connectivity index (χ1) is 32.3. The van der Waals surface area contributed by atoms with Gasteiger partial charge in [-0.2, -0.15) is 0 Å². The van der Waals surface area contributed by atoms with Gasteiger partial charge in [-0.25, -0.2) is 9.79 Å². The van der Waals surface area contributed by atoms with Gasteiger partial charge in [0.2, 0.25) is 23.6 Å². The third kappa shape index (κ3) is 14.6. The summed E-state index contributed by atoms with van der Waals surface area (Å²) in [7, 11) is 8.59. The second kappa shape index (κ2) is 26.4. The van der Waals surface area contributed by atoms with Crippen LogP contribution in [0.1, 0.15) is 91.5 Å². The molecule has 0 saturated carbocycles. The number of carboxylic acid groups (broad SMARTS) is 1. The standard InChI is InChI=1S/C50H78N8O10/c1-11-34(4)45(39(67-9)32-43(62)57-26-18-21-38(57)46(68-10)35(5)47(63)51-37(49(65)66)31-36-19-14-12-15-20-36)54(8)48(64)44(33(2)3)52-50(53(6)7)56-29-27-55(28-30-56)40(59)22-16-13-17-25-58-41(60)23-24-42(58)61/h12,14-15,19-20,23-24,33-35,37-39,44-46H,11,13,16-18,21-22,25-32H2,1-10H3,(H,51,63)(H,65,66)/t34-,35+,37?,38?,39+,44?,45-,46+/m0/s1. The van der Waals surface area contributed by atoms with E-state index < -0.39 is 54.2 Å². The Morgan fingerprint density at radius 1 is 0.853 bits per heavy atom. The normalized spacial score (nSPS) is 19.7. The zero-order chi connectivity index (χ0) is 50.2. The van der Waals surface area contributed by atoms with Crippen molar-refractivity contribution in [3.8, 4) is 0 Å². The Morgan fingerprint density at radius 2 is 1.49 bits per heavy atom. The fourth-order valence-electron chi connectivity index (χ4n) is 9.65. The number of likely N-dealkylation sites (tertiary alicyclic amines) is 1. The topological polar surface area (TPSA) is 202 Å². The minimum atomic E-state index is -1.15. The lowest BCUT2D eigenvalue weighted by atomic mass is 9.89. The summed E-state index contributed by atoms with van der Waals surface area (Å²) in [6.07, 6.45) is 5.69. The lowest BCUT2D eigenvalue weighted by molar-refractivity contribution is -0.147. The van der Waals surface area contributed by atoms with Gasteiger partial charge in [0.05, 0.1) is 36.6 Å². The molecular weight excluding hydrogens is 873 g/mol. The second-order valence-corrected chi connectivity index (χ2v) is 19.0. The fraction of sp³-hybridized carbons (Fsp3) is 0.680. The maximum Gasteiger partial charge on any atom is 0.326 e. The number of nitrogens with one attached hydrogen (secondary N) is 1. The molecule has 3 unspecified atom stereocenters. The number of aliphatic carboxylic acids is 1. The van der Waals surface area contributed by atoms with Crippen molar-refractivity contribution in [1.82, 2.24) is 34.7 Å². The van der Waals surface area contributed by atoms with Crippen LogP contribution < -0.4 is 5.32 Å². The Morgan fingerprint density at radius 3 is 2.04 bits per heavy atom. The molecule has 6 amide bonds. The van der Waals surface area contributed by atoms with Crippen LogP contribution in [0.5, 0.6) is 0 Å². The van der Waals surface area contributed by atoms with Crippen molar-refractivity contribution in [2.45, 2.75) is 129 Å². The molecule has 0 aliphatic carbocycles. The maximum atomic E-state index is 14.7. The number of methoxy groups -OCH3 is 2. The van der Waals surface area contributed by atoms with Crippen molar-refractivity contribution >= 4 is 47.4 Å². The van der Waals surface area contributed by atoms with Gasteiger partial charge in [-0.3, -0.25) is 33.7 Å². The summed E-state index contributed by atoms with van der Waals surface area (Å²) in [6.45, 7) is 12.6. The van der Waals surface area contributed by atoms with E-state index in [4.69, 9.17) is 14.5 Å². The van der Waals surface area contributed by atoms with Crippen LogP contribution in [-0.2, 0) is 49.5 Å². The molecule has 8 atom stereocenters. The zero-order valence-electron chi connectivity index (χ0n) is 42.1. The number of ether oxygens (including phenoxy) is 2. The van der Waals surface area contributed by atoms with Crippen LogP contribution in [0.15, 0.2) is 47.5 Å². The monoisotopic (exact) mass is 951 g/mol. The van der Waals surface area contributed by atoms with Gasteiger partial charge < -0.3 is 44.4 Å². The number of piperazine rings is 1. The number of carbonyl (C=O) groups is 7. The molecule has 3 heterocycles. The van der Waals surface area contributed by atoms with Gasteiger partial charge in [-0.05, 0) is 43.1 Å². The molecule has 18 heteroatoms. The summed E-state index contributed by atoms with van der Waals surface area (Å²) >= 11 is 0. The minimum Gasteiger partial charge on any atom is -0.480 e. The summed E-state index contributed by atoms with van der Waals surface area (Å²) < 4.78 is 12.0. The summed E-state index contributed by atoms with van der Waals surface area (Å²) in [5.74, 6) is -2.91. The van der Waals surface area contributed by atoms with E-state index >= 15 is 0 Å². The summed E-state index contributed by atoms with van der Waals surface area (Å²) in [5, 5.41) is 12.7. The second-order valence-electron chi connectivity index (χ2n) is 19.0. The van der Waals surface area contributed by atoms with Crippen LogP contribution in [0.3, 0.4) is 0 Å². The fourth-order valence-corrected chi connectivity index (χ4v) is 9.65. The van der Waals surface area contributed by atoms with Crippen molar-refractivity contribution < 1.29 is 48.1 Å². The Kier molecular flexibility index (Phi) is 21.5. The molecule has 2 N–H and O–H groups in total. The lowest BCUT2D eigenvalue weighted by Gasteiger charge is -2.41. The number of guanidine groups is 1. The van der Waals surface area contributed by atoms with Gasteiger partial charge in [0, 0.05) is 99.6 Å². The molecular formula is C50H78N8O10. The SMILES string of the molecule is CC[C@H](C)[C@@H]([C@@H](CC(=O)N1CCCC1[C@H](OC)[C@@H](C)C(=O)NC(Cc1ccccc1)C(=O)O)OC)N(C)C(=O)C(N=C(N(C)C)N1CCN(C(=O)CCCCCN2C(=O)C=CC2=O)CC1)C(C)C. The van der Waals surface area contributed by atoms with Crippen molar-refractivity contribution in [2.24, 2.45) is 22.7 Å². The number of carbonyl (C=O) groups excluding carboxylic acids is 6. The van der Waals surface area contributed by atoms with Crippen LogP contribution >= 0.6 is 0 Å². The zero-order valence-corrected chi connectivity index (χ0v) is 42.1. The Labute approximate surface area is 403 Å². The third-order valence-electron chi connectivity index (χ3n) is 13.8. The number of hydrogen-bond donors (Lipinski definition) is 2. The molecule has 0 spiro atoms. The average Bonchev–Trinajstić information content (AvgIpc) is 3.93. The quantitative estimate of drug-likeness (QED) is 0.0664. The molecule has 68 heavy (non-hydrogen) atoms. The van der Waals surface area contributed by atoms with Crippen LogP contribution in [-0.4, -0.2) is 193 Å². The van der Waals surface area contributed by atoms with E-state index in [1.54, 1.807) is 30.9 Å². The summed E-state index contributed by atoms with van der Waals surface area (Å²) in [5.41, 5.74) is 0.778. The Bertz CT molecular complexity index is 1920. The van der Waals surface area contributed by atoms with E-state index in [-0.39, 0.29) is 54.2 Å². The highest BCUT2D eigenvalue weighted by Crippen LogP contribution is 2.30.